The van der Waals surface area contributed by atoms with E-state index in [9.17, 15) is 23.6 Å². The second kappa shape index (κ2) is 20.1. The van der Waals surface area contributed by atoms with E-state index < -0.39 is 5.82 Å². The number of nitrogens with zero attached hydrogens (tertiary/aromatic N) is 5. The Hall–Kier alpha value is -6.23. The first-order chi connectivity index (χ1) is 25.8. The number of benzene rings is 2. The number of halogens is 2. The number of aromatic nitrogens is 4. The standard InChI is InChI=1S/C26H24FN7O2.C9H12FN.C3H7NO.C2H6/c1-16-13-20-22(31-16)7-8-23(24(20)27)36-26-21(14-28)25(29-15-30-26)32-18-3-5-19(6-4-18)34-11-9-33(10-12-34)17(2)35;1-4-9-8(7(3)10)5-6(2)11-9;1-3(5)4-2;1-2/h3-8,13,15,31H,9-12H2,1-2H3,(H,29,30,32);4-5,11H,1-3H3;1-2H3,(H,4,5);1-2H3/b;8-7+,9-4+;;. The number of piperazine rings is 1. The Morgan fingerprint density at radius 3 is 2.13 bits per heavy atom. The summed E-state index contributed by atoms with van der Waals surface area (Å²) in [6.45, 7) is 17.1. The van der Waals surface area contributed by atoms with Crippen molar-refractivity contribution >= 4 is 51.8 Å². The molecule has 14 heteroatoms. The monoisotopic (exact) mass is 741 g/mol. The fourth-order valence-electron chi connectivity index (χ4n) is 5.41. The molecule has 4 heterocycles. The summed E-state index contributed by atoms with van der Waals surface area (Å²) in [4.78, 5) is 39.7. The maximum absolute atomic E-state index is 15.0. The first-order valence-corrected chi connectivity index (χ1v) is 17.6. The van der Waals surface area contributed by atoms with Gasteiger partial charge in [0, 0.05) is 91.3 Å². The van der Waals surface area contributed by atoms with Crippen molar-refractivity contribution in [2.45, 2.75) is 55.4 Å². The maximum Gasteiger partial charge on any atom is 0.242 e. The van der Waals surface area contributed by atoms with Crippen LogP contribution >= 0.6 is 0 Å². The number of carbonyl (C=O) groups is 2. The van der Waals surface area contributed by atoms with Gasteiger partial charge in [-0.25, -0.2) is 18.7 Å². The van der Waals surface area contributed by atoms with Crippen LogP contribution in [0.2, 0.25) is 0 Å². The molecule has 5 aromatic rings. The van der Waals surface area contributed by atoms with Crippen LogP contribution in [0.25, 0.3) is 22.8 Å². The summed E-state index contributed by atoms with van der Waals surface area (Å²) in [5, 5.41) is 17.2. The third-order valence-electron chi connectivity index (χ3n) is 8.18. The number of hydrogen-bond acceptors (Lipinski definition) is 8. The van der Waals surface area contributed by atoms with E-state index in [0.717, 1.165) is 41.2 Å². The van der Waals surface area contributed by atoms with E-state index in [1.54, 1.807) is 26.1 Å². The summed E-state index contributed by atoms with van der Waals surface area (Å²) in [5.41, 5.74) is 4.31. The number of ether oxygens (including phenoxy) is 1. The van der Waals surface area contributed by atoms with Crippen molar-refractivity contribution in [1.82, 2.24) is 30.2 Å². The molecule has 0 aliphatic carbocycles. The summed E-state index contributed by atoms with van der Waals surface area (Å²) in [6.07, 6.45) is 3.13. The molecular weight excluding hydrogens is 692 g/mol. The number of carbonyl (C=O) groups excluding carboxylic acids is 2. The Balaban J connectivity index is 0.000000361. The Kier molecular flexibility index (Phi) is 15.7. The van der Waals surface area contributed by atoms with Gasteiger partial charge in [-0.2, -0.15) is 5.26 Å². The molecule has 1 fully saturated rings. The topological polar surface area (TPSA) is 155 Å². The second-order valence-corrected chi connectivity index (χ2v) is 12.0. The molecule has 0 bridgehead atoms. The molecule has 1 aliphatic heterocycles. The third-order valence-corrected chi connectivity index (χ3v) is 8.18. The minimum Gasteiger partial charge on any atom is -0.434 e. The van der Waals surface area contributed by atoms with Crippen LogP contribution in [0.5, 0.6) is 11.6 Å². The summed E-state index contributed by atoms with van der Waals surface area (Å²) in [6, 6.07) is 16.5. The predicted molar refractivity (Wildman–Crippen MR) is 210 cm³/mol. The molecule has 1 aliphatic rings. The quantitative estimate of drug-likeness (QED) is 0.160. The van der Waals surface area contributed by atoms with Gasteiger partial charge in [0.25, 0.3) is 0 Å². The summed E-state index contributed by atoms with van der Waals surface area (Å²) >= 11 is 0. The van der Waals surface area contributed by atoms with E-state index >= 15 is 0 Å². The highest BCUT2D eigenvalue weighted by Gasteiger charge is 2.20. The number of nitriles is 1. The molecular formula is C40H49F2N9O3. The molecule has 2 aromatic carbocycles. The Morgan fingerprint density at radius 1 is 0.963 bits per heavy atom. The van der Waals surface area contributed by atoms with Crippen LogP contribution in [-0.2, 0) is 9.59 Å². The van der Waals surface area contributed by atoms with E-state index in [4.69, 9.17) is 4.74 Å². The van der Waals surface area contributed by atoms with Crippen LogP contribution in [0.15, 0.2) is 54.9 Å². The van der Waals surface area contributed by atoms with Crippen LogP contribution in [0.3, 0.4) is 0 Å². The van der Waals surface area contributed by atoms with Gasteiger partial charge in [-0.3, -0.25) is 9.59 Å². The van der Waals surface area contributed by atoms with Crippen molar-refractivity contribution < 1.29 is 23.1 Å². The lowest BCUT2D eigenvalue weighted by atomic mass is 10.2. The van der Waals surface area contributed by atoms with Gasteiger partial charge in [-0.05, 0) is 76.2 Å². The third kappa shape index (κ3) is 11.1. The van der Waals surface area contributed by atoms with Crippen molar-refractivity contribution in [2.75, 3.05) is 43.4 Å². The van der Waals surface area contributed by atoms with Crippen LogP contribution in [0.4, 0.5) is 26.0 Å². The predicted octanol–water partition coefficient (Wildman–Crippen LogP) is 6.48. The molecule has 1 saturated heterocycles. The highest BCUT2D eigenvalue weighted by Crippen LogP contribution is 2.33. The normalized spacial score (nSPS) is 12.9. The Bertz CT molecular complexity index is 2190. The number of aryl methyl sites for hydroxylation is 2. The Morgan fingerprint density at radius 2 is 1.59 bits per heavy atom. The lowest BCUT2D eigenvalue weighted by Gasteiger charge is -2.35. The van der Waals surface area contributed by atoms with Crippen molar-refractivity contribution in [1.29, 1.82) is 5.26 Å². The minimum absolute atomic E-state index is 0.00463. The number of fused-ring (bicyclic) bond motifs is 1. The number of hydrogen-bond donors (Lipinski definition) is 4. The number of rotatable bonds is 5. The molecule has 0 radical (unpaired) electrons. The molecule has 0 saturated carbocycles. The van der Waals surface area contributed by atoms with Gasteiger partial charge < -0.3 is 35.1 Å². The van der Waals surface area contributed by atoms with E-state index in [1.807, 2.05) is 75.9 Å². The molecule has 3 aromatic heterocycles. The van der Waals surface area contributed by atoms with Crippen molar-refractivity contribution in [3.05, 3.63) is 88.2 Å². The molecule has 0 spiro atoms. The van der Waals surface area contributed by atoms with Gasteiger partial charge in [-0.15, -0.1) is 0 Å². The number of amides is 2. The lowest BCUT2D eigenvalue weighted by molar-refractivity contribution is -0.129. The van der Waals surface area contributed by atoms with E-state index in [1.165, 1.54) is 26.2 Å². The zero-order valence-electron chi connectivity index (χ0n) is 32.3. The molecule has 12 nitrogen and oxygen atoms in total. The van der Waals surface area contributed by atoms with Gasteiger partial charge in [0.15, 0.2) is 22.9 Å². The average Bonchev–Trinajstić information content (AvgIpc) is 3.76. The minimum atomic E-state index is -0.534. The SMILES string of the molecule is C/C=c1/[nH]c(C)c/c1=C(/C)F.CC.CC(=O)N1CCN(c2ccc(Nc3ncnc(Oc4ccc5[nH]c(C)cc5c4F)c3C#N)cc2)CC1.CNC(C)=O. The first kappa shape index (κ1) is 42.2. The number of H-pyrrole nitrogens is 2. The number of nitrogens with one attached hydrogen (secondary N) is 4. The Labute approximate surface area is 314 Å². The maximum atomic E-state index is 15.0. The highest BCUT2D eigenvalue weighted by atomic mass is 19.1. The molecule has 6 rings (SSSR count). The summed E-state index contributed by atoms with van der Waals surface area (Å²) in [7, 11) is 1.60. The van der Waals surface area contributed by atoms with Crippen LogP contribution in [0, 0.1) is 31.0 Å². The number of anilines is 3. The van der Waals surface area contributed by atoms with Gasteiger partial charge >= 0.3 is 0 Å². The van der Waals surface area contributed by atoms with Crippen molar-refractivity contribution in [3.8, 4) is 17.7 Å². The summed E-state index contributed by atoms with van der Waals surface area (Å²) < 4.78 is 33.5. The molecule has 54 heavy (non-hydrogen) atoms. The van der Waals surface area contributed by atoms with Gasteiger partial charge in [-0.1, -0.05) is 19.9 Å². The van der Waals surface area contributed by atoms with E-state index in [2.05, 4.69) is 41.5 Å². The van der Waals surface area contributed by atoms with E-state index in [-0.39, 0.29) is 40.7 Å². The fraction of sp³-hybridized carbons (Fsp3) is 0.325. The summed E-state index contributed by atoms with van der Waals surface area (Å²) in [5.74, 6) is -0.388. The van der Waals surface area contributed by atoms with Crippen LogP contribution in [0.1, 0.15) is 58.5 Å². The molecule has 0 unspecified atom stereocenters. The second-order valence-electron chi connectivity index (χ2n) is 12.0. The smallest absolute Gasteiger partial charge is 0.242 e. The van der Waals surface area contributed by atoms with E-state index in [0.29, 0.717) is 29.2 Å². The zero-order valence-corrected chi connectivity index (χ0v) is 32.3. The fourth-order valence-corrected chi connectivity index (χ4v) is 5.41. The van der Waals surface area contributed by atoms with Crippen LogP contribution < -0.4 is 30.8 Å². The zero-order chi connectivity index (χ0) is 39.9. The average molecular weight is 742 g/mol. The number of aromatic amines is 2. The van der Waals surface area contributed by atoms with Crippen LogP contribution in [-0.4, -0.2) is 69.9 Å². The van der Waals surface area contributed by atoms with Crippen molar-refractivity contribution in [3.63, 3.8) is 0 Å². The van der Waals surface area contributed by atoms with Gasteiger partial charge in [0.05, 0.1) is 0 Å². The van der Waals surface area contributed by atoms with Crippen molar-refractivity contribution in [2.24, 2.45) is 0 Å². The largest absolute Gasteiger partial charge is 0.434 e. The molecule has 0 atom stereocenters. The van der Waals surface area contributed by atoms with Gasteiger partial charge in [0.1, 0.15) is 18.2 Å². The lowest BCUT2D eigenvalue weighted by Crippen LogP contribution is -2.48. The highest BCUT2D eigenvalue weighted by molar-refractivity contribution is 5.83. The molecule has 286 valence electrons. The molecule has 2 amide bonds. The molecule has 4 N–H and O–H groups in total. The first-order valence-electron chi connectivity index (χ1n) is 17.6. The van der Waals surface area contributed by atoms with Gasteiger partial charge in [0.2, 0.25) is 17.7 Å².